The van der Waals surface area contributed by atoms with Gasteiger partial charge in [-0.1, -0.05) is 0 Å². The number of pyridine rings is 2. The van der Waals surface area contributed by atoms with E-state index in [0.29, 0.717) is 35.4 Å². The number of hydrogen-bond acceptors (Lipinski definition) is 6. The molecule has 0 bridgehead atoms. The molecular formula is C26H32F2N2O4. The van der Waals surface area contributed by atoms with Gasteiger partial charge in [0.15, 0.2) is 0 Å². The van der Waals surface area contributed by atoms with Crippen molar-refractivity contribution in [3.8, 4) is 11.8 Å². The summed E-state index contributed by atoms with van der Waals surface area (Å²) in [5.41, 5.74) is -0.752. The second-order valence-corrected chi connectivity index (χ2v) is 9.59. The number of alkyl halides is 1. The van der Waals surface area contributed by atoms with Crippen molar-refractivity contribution in [1.82, 2.24) is 9.97 Å². The summed E-state index contributed by atoms with van der Waals surface area (Å²) in [6.07, 6.45) is 8.11. The van der Waals surface area contributed by atoms with Crippen LogP contribution in [0.1, 0.15) is 68.4 Å². The highest BCUT2D eigenvalue weighted by atomic mass is 19.1. The molecule has 8 heteroatoms. The Balaban J connectivity index is 1.36. The van der Waals surface area contributed by atoms with Crippen LogP contribution in [0.2, 0.25) is 0 Å². The maximum Gasteiger partial charge on any atom is 0.343 e. The highest BCUT2D eigenvalue weighted by molar-refractivity contribution is 5.80. The van der Waals surface area contributed by atoms with E-state index in [9.17, 15) is 9.18 Å². The van der Waals surface area contributed by atoms with Gasteiger partial charge in [-0.2, -0.15) is 0 Å². The van der Waals surface area contributed by atoms with E-state index < -0.39 is 17.6 Å². The fourth-order valence-electron chi connectivity index (χ4n) is 5.18. The Hall–Kier alpha value is -2.77. The summed E-state index contributed by atoms with van der Waals surface area (Å²) in [5.74, 6) is -0.324. The number of halogens is 2. The standard InChI is InChI=1S/C26H32F2N2O4/c1-26(28,25(31)33-3)24(18-8-9-18)19-10-11-29-23(12-19)34-15-16-4-6-17(7-5-16)20-13-22(32-2)30-14-21(20)27/h10-14,16-18,24H,4-9,15H2,1-3H3/t16-,17-,24-,26?/m0/s1. The molecule has 2 aromatic rings. The molecule has 0 N–H and O–H groups in total. The Bertz CT molecular complexity index is 1000. The second kappa shape index (κ2) is 10.2. The third kappa shape index (κ3) is 5.31. The first-order valence-electron chi connectivity index (χ1n) is 11.9. The van der Waals surface area contributed by atoms with Gasteiger partial charge in [-0.15, -0.1) is 0 Å². The molecule has 0 spiro atoms. The van der Waals surface area contributed by atoms with Crippen molar-refractivity contribution in [2.24, 2.45) is 11.8 Å². The summed E-state index contributed by atoms with van der Waals surface area (Å²) in [5, 5.41) is 0. The van der Waals surface area contributed by atoms with Crippen LogP contribution in [0.15, 0.2) is 30.6 Å². The van der Waals surface area contributed by atoms with E-state index in [1.807, 2.05) is 0 Å². The van der Waals surface area contributed by atoms with Crippen LogP contribution >= 0.6 is 0 Å². The monoisotopic (exact) mass is 474 g/mol. The molecule has 2 aliphatic carbocycles. The van der Waals surface area contributed by atoms with Crippen LogP contribution < -0.4 is 9.47 Å². The fourth-order valence-corrected chi connectivity index (χ4v) is 5.18. The largest absolute Gasteiger partial charge is 0.481 e. The number of carbonyl (C=O) groups excluding carboxylic acids is 1. The maximum absolute atomic E-state index is 15.4. The smallest absolute Gasteiger partial charge is 0.343 e. The minimum atomic E-state index is -2.11. The molecule has 2 fully saturated rings. The number of aromatic nitrogens is 2. The van der Waals surface area contributed by atoms with E-state index in [2.05, 4.69) is 9.97 Å². The van der Waals surface area contributed by atoms with E-state index >= 15 is 4.39 Å². The lowest BCUT2D eigenvalue weighted by Gasteiger charge is -2.29. The molecule has 2 aliphatic rings. The molecule has 2 saturated carbocycles. The summed E-state index contributed by atoms with van der Waals surface area (Å²) >= 11 is 0. The summed E-state index contributed by atoms with van der Waals surface area (Å²) < 4.78 is 45.5. The summed E-state index contributed by atoms with van der Waals surface area (Å²) in [7, 11) is 2.73. The minimum absolute atomic E-state index is 0.104. The van der Waals surface area contributed by atoms with E-state index in [4.69, 9.17) is 14.2 Å². The molecule has 0 amide bonds. The molecule has 1 unspecified atom stereocenters. The summed E-state index contributed by atoms with van der Waals surface area (Å²) in [4.78, 5) is 20.3. The van der Waals surface area contributed by atoms with Crippen LogP contribution in [0.4, 0.5) is 8.78 Å². The van der Waals surface area contributed by atoms with E-state index in [1.165, 1.54) is 27.3 Å². The number of rotatable bonds is 9. The molecule has 184 valence electrons. The Kier molecular flexibility index (Phi) is 7.33. The van der Waals surface area contributed by atoms with Crippen LogP contribution in [0, 0.1) is 17.7 Å². The lowest BCUT2D eigenvalue weighted by atomic mass is 9.79. The van der Waals surface area contributed by atoms with Crippen molar-refractivity contribution in [3.63, 3.8) is 0 Å². The molecule has 2 atom stereocenters. The van der Waals surface area contributed by atoms with Gasteiger partial charge in [0, 0.05) is 24.2 Å². The first-order valence-corrected chi connectivity index (χ1v) is 11.9. The Morgan fingerprint density at radius 3 is 2.50 bits per heavy atom. The number of carbonyl (C=O) groups is 1. The number of hydrogen-bond donors (Lipinski definition) is 0. The molecule has 4 rings (SSSR count). The normalized spacial score (nSPS) is 23.0. The predicted octanol–water partition coefficient (Wildman–Crippen LogP) is 5.37. The second-order valence-electron chi connectivity index (χ2n) is 9.59. The van der Waals surface area contributed by atoms with Crippen LogP contribution in [0.5, 0.6) is 11.8 Å². The van der Waals surface area contributed by atoms with Gasteiger partial charge >= 0.3 is 5.97 Å². The average Bonchev–Trinajstić information content (AvgIpc) is 3.68. The van der Waals surface area contributed by atoms with Crippen molar-refractivity contribution in [1.29, 1.82) is 0 Å². The van der Waals surface area contributed by atoms with Crippen molar-refractivity contribution in [2.75, 3.05) is 20.8 Å². The summed E-state index contributed by atoms with van der Waals surface area (Å²) in [6, 6.07) is 5.18. The zero-order chi connectivity index (χ0) is 24.3. The quantitative estimate of drug-likeness (QED) is 0.455. The van der Waals surface area contributed by atoms with Crippen LogP contribution in [-0.4, -0.2) is 42.4 Å². The molecule has 2 heterocycles. The Morgan fingerprint density at radius 1 is 1.12 bits per heavy atom. The van der Waals surface area contributed by atoms with Crippen LogP contribution in [-0.2, 0) is 9.53 Å². The highest BCUT2D eigenvalue weighted by Crippen LogP contribution is 2.50. The van der Waals surface area contributed by atoms with Crippen molar-refractivity contribution < 1.29 is 27.8 Å². The molecule has 6 nitrogen and oxygen atoms in total. The molecule has 0 aromatic carbocycles. The van der Waals surface area contributed by atoms with Gasteiger partial charge in [0.25, 0.3) is 0 Å². The molecular weight excluding hydrogens is 442 g/mol. The maximum atomic E-state index is 15.4. The molecule has 34 heavy (non-hydrogen) atoms. The van der Waals surface area contributed by atoms with Gasteiger partial charge in [-0.05, 0) is 80.4 Å². The Labute approximate surface area is 199 Å². The fraction of sp³-hybridized carbons (Fsp3) is 0.577. The van der Waals surface area contributed by atoms with Gasteiger partial charge in [0.05, 0.1) is 27.0 Å². The topological polar surface area (TPSA) is 70.5 Å². The molecule has 0 aliphatic heterocycles. The summed E-state index contributed by atoms with van der Waals surface area (Å²) in [6.45, 7) is 1.78. The zero-order valence-corrected chi connectivity index (χ0v) is 19.9. The van der Waals surface area contributed by atoms with Crippen molar-refractivity contribution in [3.05, 3.63) is 47.5 Å². The Morgan fingerprint density at radius 2 is 1.85 bits per heavy atom. The molecule has 2 aromatic heterocycles. The predicted molar refractivity (Wildman–Crippen MR) is 122 cm³/mol. The van der Waals surface area contributed by atoms with E-state index in [1.54, 1.807) is 24.4 Å². The molecule has 0 saturated heterocycles. The minimum Gasteiger partial charge on any atom is -0.481 e. The van der Waals surface area contributed by atoms with Gasteiger partial charge in [0.2, 0.25) is 17.4 Å². The number of esters is 1. The molecule has 0 radical (unpaired) electrons. The van der Waals surface area contributed by atoms with E-state index in [0.717, 1.165) is 38.5 Å². The SMILES string of the molecule is COC(=O)C(C)(F)[C@H](c1ccnc(OC[C@H]2CC[C@H](c3cc(OC)ncc3F)CC2)c1)C1CC1. The average molecular weight is 475 g/mol. The lowest BCUT2D eigenvalue weighted by Crippen LogP contribution is -2.39. The van der Waals surface area contributed by atoms with Crippen molar-refractivity contribution >= 4 is 5.97 Å². The van der Waals surface area contributed by atoms with E-state index in [-0.39, 0.29) is 17.7 Å². The van der Waals surface area contributed by atoms with Gasteiger partial charge in [-0.25, -0.2) is 23.5 Å². The van der Waals surface area contributed by atoms with Crippen molar-refractivity contribution in [2.45, 2.75) is 63.0 Å². The zero-order valence-electron chi connectivity index (χ0n) is 19.9. The lowest BCUT2D eigenvalue weighted by molar-refractivity contribution is -0.155. The number of nitrogens with zero attached hydrogens (tertiary/aromatic N) is 2. The number of ether oxygens (including phenoxy) is 3. The van der Waals surface area contributed by atoms with Gasteiger partial charge in [0.1, 0.15) is 5.82 Å². The van der Waals surface area contributed by atoms with Gasteiger partial charge in [-0.3, -0.25) is 0 Å². The van der Waals surface area contributed by atoms with Crippen LogP contribution in [0.3, 0.4) is 0 Å². The third-order valence-corrected chi connectivity index (χ3v) is 7.20. The van der Waals surface area contributed by atoms with Crippen LogP contribution in [0.25, 0.3) is 0 Å². The third-order valence-electron chi connectivity index (χ3n) is 7.20. The van der Waals surface area contributed by atoms with Gasteiger partial charge < -0.3 is 14.2 Å². The number of methoxy groups -OCH3 is 2. The first kappa shape index (κ1) is 24.4. The highest BCUT2D eigenvalue weighted by Gasteiger charge is 2.51. The first-order chi connectivity index (χ1) is 16.3.